The number of amides is 1. The van der Waals surface area contributed by atoms with Crippen molar-refractivity contribution in [3.63, 3.8) is 0 Å². The van der Waals surface area contributed by atoms with Gasteiger partial charge in [0, 0.05) is 23.0 Å². The molecule has 3 N–H and O–H groups in total. The molecule has 0 spiro atoms. The largest absolute Gasteiger partial charge is 0.375 e. The van der Waals surface area contributed by atoms with Crippen molar-refractivity contribution in [3.8, 4) is 0 Å². The van der Waals surface area contributed by atoms with Crippen LogP contribution in [0.2, 0.25) is 0 Å². The Morgan fingerprint density at radius 2 is 2.29 bits per heavy atom. The van der Waals surface area contributed by atoms with Gasteiger partial charge in [0.15, 0.2) is 5.13 Å². The van der Waals surface area contributed by atoms with E-state index in [0.29, 0.717) is 11.7 Å². The molecule has 0 saturated carbocycles. The van der Waals surface area contributed by atoms with Gasteiger partial charge in [0.2, 0.25) is 5.91 Å². The maximum absolute atomic E-state index is 12.6. The molecule has 0 fully saturated rings. The summed E-state index contributed by atoms with van der Waals surface area (Å²) in [6.45, 7) is 0.497. The minimum absolute atomic E-state index is 0.0300. The van der Waals surface area contributed by atoms with Crippen LogP contribution in [0.4, 0.5) is 5.13 Å². The molecule has 1 amide bonds. The lowest BCUT2D eigenvalue weighted by Crippen LogP contribution is -2.31. The zero-order valence-electron chi connectivity index (χ0n) is 13.2. The lowest BCUT2D eigenvalue weighted by Gasteiger charge is -2.20. The molecule has 6 heteroatoms. The summed E-state index contributed by atoms with van der Waals surface area (Å²) in [4.78, 5) is 22.5. The number of aryl methyl sites for hydroxylation is 1. The van der Waals surface area contributed by atoms with E-state index >= 15 is 0 Å². The van der Waals surface area contributed by atoms with Crippen molar-refractivity contribution >= 4 is 33.3 Å². The Hall–Kier alpha value is -2.47. The summed E-state index contributed by atoms with van der Waals surface area (Å²) >= 11 is 1.51. The monoisotopic (exact) mass is 338 g/mol. The van der Waals surface area contributed by atoms with Crippen LogP contribution in [0.5, 0.6) is 0 Å². The van der Waals surface area contributed by atoms with Crippen LogP contribution >= 0.6 is 11.3 Å². The Bertz CT molecular complexity index is 905. The Kier molecular flexibility index (Phi) is 3.90. The van der Waals surface area contributed by atoms with E-state index in [1.165, 1.54) is 11.3 Å². The van der Waals surface area contributed by atoms with Crippen LogP contribution in [0.1, 0.15) is 34.9 Å². The van der Waals surface area contributed by atoms with Crippen LogP contribution in [-0.4, -0.2) is 15.9 Å². The summed E-state index contributed by atoms with van der Waals surface area (Å²) in [6.07, 6.45) is 4.60. The van der Waals surface area contributed by atoms with Gasteiger partial charge in [-0.1, -0.05) is 18.2 Å². The molecule has 1 aliphatic rings. The van der Waals surface area contributed by atoms with E-state index in [4.69, 9.17) is 5.73 Å². The van der Waals surface area contributed by atoms with Gasteiger partial charge in [-0.3, -0.25) is 9.78 Å². The molecule has 0 aliphatic heterocycles. The van der Waals surface area contributed by atoms with Crippen molar-refractivity contribution in [1.29, 1.82) is 0 Å². The lowest BCUT2D eigenvalue weighted by molar-refractivity contribution is -0.123. The molecule has 2 heterocycles. The van der Waals surface area contributed by atoms with E-state index in [-0.39, 0.29) is 11.8 Å². The van der Waals surface area contributed by atoms with Crippen LogP contribution < -0.4 is 11.1 Å². The van der Waals surface area contributed by atoms with Gasteiger partial charge in [0.1, 0.15) is 0 Å². The van der Waals surface area contributed by atoms with E-state index in [1.807, 2.05) is 30.3 Å². The van der Waals surface area contributed by atoms with Gasteiger partial charge >= 0.3 is 0 Å². The lowest BCUT2D eigenvalue weighted by atomic mass is 9.90. The Morgan fingerprint density at radius 1 is 1.38 bits per heavy atom. The smallest absolute Gasteiger partial charge is 0.229 e. The third-order valence-corrected chi connectivity index (χ3v) is 5.38. The number of carbonyl (C=O) groups excluding carboxylic acids is 1. The molecule has 0 bridgehead atoms. The van der Waals surface area contributed by atoms with E-state index in [0.717, 1.165) is 46.3 Å². The predicted octanol–water partition coefficient (Wildman–Crippen LogP) is 3.01. The fraction of sp³-hybridized carbons (Fsp3) is 0.278. The highest BCUT2D eigenvalue weighted by Gasteiger charge is 2.29. The molecule has 0 saturated heterocycles. The van der Waals surface area contributed by atoms with E-state index in [1.54, 1.807) is 6.20 Å². The third-order valence-electron chi connectivity index (χ3n) is 4.42. The number of carbonyl (C=O) groups is 1. The summed E-state index contributed by atoms with van der Waals surface area (Å²) in [6, 6.07) is 10.0. The number of hydrogen-bond acceptors (Lipinski definition) is 5. The highest BCUT2D eigenvalue weighted by molar-refractivity contribution is 7.15. The number of thiazole rings is 1. The van der Waals surface area contributed by atoms with Gasteiger partial charge in [-0.25, -0.2) is 4.98 Å². The number of benzene rings is 1. The van der Waals surface area contributed by atoms with Gasteiger partial charge in [-0.2, -0.15) is 0 Å². The summed E-state index contributed by atoms with van der Waals surface area (Å²) in [5, 5.41) is 4.70. The van der Waals surface area contributed by atoms with Gasteiger partial charge in [-0.05, 0) is 37.0 Å². The first-order valence-corrected chi connectivity index (χ1v) is 8.89. The molecule has 122 valence electrons. The van der Waals surface area contributed by atoms with Crippen LogP contribution in [-0.2, 0) is 17.8 Å². The number of pyridine rings is 1. The topological polar surface area (TPSA) is 80.9 Å². The number of nitrogens with one attached hydrogen (secondary N) is 1. The average Bonchev–Trinajstić information content (AvgIpc) is 2.99. The number of nitrogens with two attached hydrogens (primary N) is 1. The third kappa shape index (κ3) is 2.85. The molecule has 1 atom stereocenters. The van der Waals surface area contributed by atoms with Crippen LogP contribution in [0.25, 0.3) is 10.9 Å². The first-order chi connectivity index (χ1) is 11.7. The summed E-state index contributed by atoms with van der Waals surface area (Å²) < 4.78 is 0. The van der Waals surface area contributed by atoms with Crippen LogP contribution in [0.15, 0.2) is 36.5 Å². The number of rotatable bonds is 3. The minimum atomic E-state index is -0.180. The highest BCUT2D eigenvalue weighted by atomic mass is 32.1. The van der Waals surface area contributed by atoms with E-state index in [9.17, 15) is 4.79 Å². The molecule has 1 aromatic carbocycles. The Balaban J connectivity index is 1.48. The maximum Gasteiger partial charge on any atom is 0.229 e. The first-order valence-electron chi connectivity index (χ1n) is 8.07. The van der Waals surface area contributed by atoms with Crippen LogP contribution in [0.3, 0.4) is 0 Å². The number of fused-ring (bicyclic) bond motifs is 2. The summed E-state index contributed by atoms with van der Waals surface area (Å²) in [7, 11) is 0. The standard InChI is InChI=1S/C18H18N4OS/c19-18-22-16-13(4-1-5-15(16)24-18)17(23)21-10-11-6-7-12-3-2-8-20-14(12)9-11/h2-3,6-9,13H,1,4-5,10H2,(H2,19,22)(H,21,23). The molecule has 0 radical (unpaired) electrons. The average molecular weight is 338 g/mol. The number of aromatic nitrogens is 2. The number of nitrogens with zero attached hydrogens (tertiary/aromatic N) is 2. The van der Waals surface area contributed by atoms with Gasteiger partial charge in [0.25, 0.3) is 0 Å². The molecular formula is C18H18N4OS. The van der Waals surface area contributed by atoms with Crippen molar-refractivity contribution in [2.45, 2.75) is 31.7 Å². The SMILES string of the molecule is Nc1nc2c(s1)CCCC2C(=O)NCc1ccc2cccnc2c1. The molecule has 2 aromatic heterocycles. The first kappa shape index (κ1) is 15.1. The number of anilines is 1. The van der Waals surface area contributed by atoms with Crippen molar-refractivity contribution in [3.05, 3.63) is 52.7 Å². The molecule has 4 rings (SSSR count). The summed E-state index contributed by atoms with van der Waals surface area (Å²) in [5.74, 6) is -0.150. The van der Waals surface area contributed by atoms with Crippen molar-refractivity contribution in [2.75, 3.05) is 5.73 Å². The van der Waals surface area contributed by atoms with E-state index < -0.39 is 0 Å². The fourth-order valence-electron chi connectivity index (χ4n) is 3.23. The fourth-order valence-corrected chi connectivity index (χ4v) is 4.16. The normalized spacial score (nSPS) is 16.8. The zero-order valence-corrected chi connectivity index (χ0v) is 14.0. The zero-order chi connectivity index (χ0) is 16.5. The van der Waals surface area contributed by atoms with E-state index in [2.05, 4.69) is 15.3 Å². The predicted molar refractivity (Wildman–Crippen MR) is 95.8 cm³/mol. The molecule has 24 heavy (non-hydrogen) atoms. The van der Waals surface area contributed by atoms with Crippen molar-refractivity contribution in [1.82, 2.24) is 15.3 Å². The molecular weight excluding hydrogens is 320 g/mol. The number of hydrogen-bond donors (Lipinski definition) is 2. The quantitative estimate of drug-likeness (QED) is 0.769. The molecule has 1 aliphatic carbocycles. The molecule has 3 aromatic rings. The van der Waals surface area contributed by atoms with Crippen molar-refractivity contribution in [2.24, 2.45) is 0 Å². The van der Waals surface area contributed by atoms with Crippen molar-refractivity contribution < 1.29 is 4.79 Å². The van der Waals surface area contributed by atoms with Gasteiger partial charge < -0.3 is 11.1 Å². The van der Waals surface area contributed by atoms with Gasteiger partial charge in [0.05, 0.1) is 17.1 Å². The van der Waals surface area contributed by atoms with Gasteiger partial charge in [-0.15, -0.1) is 11.3 Å². The second-order valence-electron chi connectivity index (χ2n) is 6.05. The number of nitrogen functional groups attached to an aromatic ring is 1. The molecule has 1 unspecified atom stereocenters. The Labute approximate surface area is 143 Å². The Morgan fingerprint density at radius 3 is 3.21 bits per heavy atom. The highest BCUT2D eigenvalue weighted by Crippen LogP contribution is 2.35. The second-order valence-corrected chi connectivity index (χ2v) is 7.17. The summed E-state index contributed by atoms with van der Waals surface area (Å²) in [5.41, 5.74) is 8.67. The van der Waals surface area contributed by atoms with Crippen LogP contribution in [0, 0.1) is 0 Å². The minimum Gasteiger partial charge on any atom is -0.375 e. The maximum atomic E-state index is 12.6. The molecule has 5 nitrogen and oxygen atoms in total. The second kappa shape index (κ2) is 6.20.